The van der Waals surface area contributed by atoms with E-state index in [2.05, 4.69) is 6.92 Å². The lowest BCUT2D eigenvalue weighted by Crippen LogP contribution is -2.33. The molecule has 0 radical (unpaired) electrons. The van der Waals surface area contributed by atoms with Gasteiger partial charge in [0.25, 0.3) is 0 Å². The molecule has 0 spiro atoms. The molecule has 126 valence electrons. The van der Waals surface area contributed by atoms with E-state index in [1.54, 1.807) is 7.11 Å². The number of hydrogen-bond acceptors (Lipinski definition) is 3. The Labute approximate surface area is 134 Å². The quantitative estimate of drug-likeness (QED) is 0.540. The molecular formula is C18H31NO3. The van der Waals surface area contributed by atoms with Crippen LogP contribution in [0, 0.1) is 6.92 Å². The van der Waals surface area contributed by atoms with Crippen LogP contribution in [0.3, 0.4) is 0 Å². The number of unbranched alkanes of at least 4 members (excludes halogenated alkanes) is 5. The lowest BCUT2D eigenvalue weighted by Gasteiger charge is -2.21. The molecule has 0 saturated carbocycles. The third-order valence-electron chi connectivity index (χ3n) is 3.80. The number of furan rings is 1. The van der Waals surface area contributed by atoms with Gasteiger partial charge in [0, 0.05) is 20.1 Å². The SMILES string of the molecule is CCCCCCCCC(=O)N(CCOC)Cc1ccc(C)o1. The third-order valence-corrected chi connectivity index (χ3v) is 3.80. The second-order valence-corrected chi connectivity index (χ2v) is 5.84. The fourth-order valence-corrected chi connectivity index (χ4v) is 2.47. The number of carbonyl (C=O) groups excluding carboxylic acids is 1. The Bertz CT molecular complexity index is 414. The van der Waals surface area contributed by atoms with Crippen molar-refractivity contribution in [3.63, 3.8) is 0 Å². The summed E-state index contributed by atoms with van der Waals surface area (Å²) in [6.07, 6.45) is 7.81. The zero-order valence-corrected chi connectivity index (χ0v) is 14.4. The first kappa shape index (κ1) is 18.8. The van der Waals surface area contributed by atoms with E-state index in [1.807, 2.05) is 24.0 Å². The summed E-state index contributed by atoms with van der Waals surface area (Å²) in [6, 6.07) is 3.87. The molecule has 1 rings (SSSR count). The van der Waals surface area contributed by atoms with Gasteiger partial charge in [0.1, 0.15) is 11.5 Å². The largest absolute Gasteiger partial charge is 0.464 e. The topological polar surface area (TPSA) is 42.7 Å². The van der Waals surface area contributed by atoms with Crippen molar-refractivity contribution in [2.75, 3.05) is 20.3 Å². The van der Waals surface area contributed by atoms with Crippen LogP contribution in [-0.4, -0.2) is 31.1 Å². The van der Waals surface area contributed by atoms with Gasteiger partial charge in [0.15, 0.2) is 0 Å². The van der Waals surface area contributed by atoms with Crippen LogP contribution in [0.1, 0.15) is 63.4 Å². The second-order valence-electron chi connectivity index (χ2n) is 5.84. The standard InChI is InChI=1S/C18H31NO3/c1-4-5-6-7-8-9-10-18(20)19(13-14-21-3)15-17-12-11-16(2)22-17/h11-12H,4-10,13-15H2,1-3H3. The molecule has 0 aliphatic rings. The molecule has 1 amide bonds. The van der Waals surface area contributed by atoms with Gasteiger partial charge in [0.2, 0.25) is 5.91 Å². The first-order valence-corrected chi connectivity index (χ1v) is 8.49. The van der Waals surface area contributed by atoms with Crippen molar-refractivity contribution >= 4 is 5.91 Å². The Hall–Kier alpha value is -1.29. The lowest BCUT2D eigenvalue weighted by molar-refractivity contribution is -0.132. The zero-order valence-electron chi connectivity index (χ0n) is 14.4. The Morgan fingerprint density at radius 2 is 1.91 bits per heavy atom. The first-order chi connectivity index (χ1) is 10.7. The van der Waals surface area contributed by atoms with Crippen molar-refractivity contribution < 1.29 is 13.9 Å². The number of ether oxygens (including phenoxy) is 1. The molecule has 4 nitrogen and oxygen atoms in total. The van der Waals surface area contributed by atoms with E-state index in [1.165, 1.54) is 25.7 Å². The van der Waals surface area contributed by atoms with Crippen LogP contribution >= 0.6 is 0 Å². The molecule has 0 N–H and O–H groups in total. The highest BCUT2D eigenvalue weighted by Crippen LogP contribution is 2.13. The fraction of sp³-hybridized carbons (Fsp3) is 0.722. The van der Waals surface area contributed by atoms with Crippen LogP contribution in [0.25, 0.3) is 0 Å². The Balaban J connectivity index is 2.36. The molecule has 1 aromatic rings. The molecule has 0 aromatic carbocycles. The van der Waals surface area contributed by atoms with E-state index in [0.29, 0.717) is 26.1 Å². The molecule has 22 heavy (non-hydrogen) atoms. The monoisotopic (exact) mass is 309 g/mol. The maximum atomic E-state index is 12.4. The van der Waals surface area contributed by atoms with Gasteiger partial charge in [-0.2, -0.15) is 0 Å². The highest BCUT2D eigenvalue weighted by molar-refractivity contribution is 5.76. The summed E-state index contributed by atoms with van der Waals surface area (Å²) in [7, 11) is 1.66. The molecule has 1 aromatic heterocycles. The van der Waals surface area contributed by atoms with Gasteiger partial charge in [0.05, 0.1) is 13.2 Å². The van der Waals surface area contributed by atoms with Crippen molar-refractivity contribution in [3.8, 4) is 0 Å². The van der Waals surface area contributed by atoms with Crippen LogP contribution in [0.15, 0.2) is 16.5 Å². The van der Waals surface area contributed by atoms with Crippen molar-refractivity contribution in [1.82, 2.24) is 4.90 Å². The molecule has 0 aliphatic carbocycles. The highest BCUT2D eigenvalue weighted by Gasteiger charge is 2.15. The molecule has 0 atom stereocenters. The number of carbonyl (C=O) groups is 1. The summed E-state index contributed by atoms with van der Waals surface area (Å²) in [5, 5.41) is 0. The average Bonchev–Trinajstić information content (AvgIpc) is 2.92. The van der Waals surface area contributed by atoms with Crippen LogP contribution in [-0.2, 0) is 16.1 Å². The van der Waals surface area contributed by atoms with E-state index in [-0.39, 0.29) is 5.91 Å². The average molecular weight is 309 g/mol. The maximum absolute atomic E-state index is 12.4. The Morgan fingerprint density at radius 3 is 2.55 bits per heavy atom. The van der Waals surface area contributed by atoms with Crippen LogP contribution in [0.5, 0.6) is 0 Å². The fourth-order valence-electron chi connectivity index (χ4n) is 2.47. The Morgan fingerprint density at radius 1 is 1.18 bits per heavy atom. The van der Waals surface area contributed by atoms with Gasteiger partial charge >= 0.3 is 0 Å². The van der Waals surface area contributed by atoms with Crippen LogP contribution < -0.4 is 0 Å². The maximum Gasteiger partial charge on any atom is 0.223 e. The summed E-state index contributed by atoms with van der Waals surface area (Å²) >= 11 is 0. The van der Waals surface area contributed by atoms with Crippen molar-refractivity contribution in [2.24, 2.45) is 0 Å². The predicted molar refractivity (Wildman–Crippen MR) is 88.7 cm³/mol. The van der Waals surface area contributed by atoms with Crippen molar-refractivity contribution in [1.29, 1.82) is 0 Å². The summed E-state index contributed by atoms with van der Waals surface area (Å²) < 4.78 is 10.7. The predicted octanol–water partition coefficient (Wildman–Crippen LogP) is 4.31. The zero-order chi connectivity index (χ0) is 16.2. The molecule has 0 bridgehead atoms. The van der Waals surface area contributed by atoms with Gasteiger partial charge in [-0.3, -0.25) is 4.79 Å². The van der Waals surface area contributed by atoms with Crippen molar-refractivity contribution in [2.45, 2.75) is 65.3 Å². The summed E-state index contributed by atoms with van der Waals surface area (Å²) in [5.41, 5.74) is 0. The van der Waals surface area contributed by atoms with Crippen molar-refractivity contribution in [3.05, 3.63) is 23.7 Å². The number of nitrogens with zero attached hydrogens (tertiary/aromatic N) is 1. The van der Waals surface area contributed by atoms with Gasteiger partial charge in [-0.25, -0.2) is 0 Å². The number of hydrogen-bond donors (Lipinski definition) is 0. The summed E-state index contributed by atoms with van der Waals surface area (Å²) in [5.74, 6) is 1.91. The normalized spacial score (nSPS) is 10.9. The summed E-state index contributed by atoms with van der Waals surface area (Å²) in [6.45, 7) is 5.84. The third kappa shape index (κ3) is 7.64. The number of rotatable bonds is 12. The van der Waals surface area contributed by atoms with Gasteiger partial charge in [-0.1, -0.05) is 39.0 Å². The van der Waals surface area contributed by atoms with Gasteiger partial charge in [-0.15, -0.1) is 0 Å². The van der Waals surface area contributed by atoms with E-state index in [4.69, 9.17) is 9.15 Å². The minimum atomic E-state index is 0.196. The summed E-state index contributed by atoms with van der Waals surface area (Å²) in [4.78, 5) is 14.2. The molecule has 1 heterocycles. The first-order valence-electron chi connectivity index (χ1n) is 8.49. The molecule has 0 fully saturated rings. The minimum Gasteiger partial charge on any atom is -0.464 e. The molecular weight excluding hydrogens is 278 g/mol. The number of aryl methyl sites for hydroxylation is 1. The lowest BCUT2D eigenvalue weighted by atomic mass is 10.1. The van der Waals surface area contributed by atoms with E-state index >= 15 is 0 Å². The highest BCUT2D eigenvalue weighted by atomic mass is 16.5. The Kier molecular flexibility index (Phi) is 9.64. The number of amides is 1. The molecule has 0 saturated heterocycles. The van der Waals surface area contributed by atoms with Crippen LogP contribution in [0.2, 0.25) is 0 Å². The molecule has 0 unspecified atom stereocenters. The minimum absolute atomic E-state index is 0.196. The van der Waals surface area contributed by atoms with E-state index in [0.717, 1.165) is 24.4 Å². The van der Waals surface area contributed by atoms with Gasteiger partial charge in [-0.05, 0) is 25.5 Å². The molecule has 0 aliphatic heterocycles. The smallest absolute Gasteiger partial charge is 0.223 e. The van der Waals surface area contributed by atoms with E-state index in [9.17, 15) is 4.79 Å². The number of methoxy groups -OCH3 is 1. The van der Waals surface area contributed by atoms with Gasteiger partial charge < -0.3 is 14.1 Å². The second kappa shape index (κ2) is 11.3. The molecule has 4 heteroatoms. The van der Waals surface area contributed by atoms with E-state index < -0.39 is 0 Å². The van der Waals surface area contributed by atoms with Crippen LogP contribution in [0.4, 0.5) is 0 Å².